The molecule has 0 aliphatic rings. The Kier molecular flexibility index (Phi) is 4.12. The number of hydrogen-bond donors (Lipinski definition) is 2. The largest absolute Gasteiger partial charge is 0.465 e. The molecule has 0 radical (unpaired) electrons. The van der Waals surface area contributed by atoms with Crippen molar-refractivity contribution in [2.24, 2.45) is 7.05 Å². The molecular formula is C16H13N5O4. The lowest BCUT2D eigenvalue weighted by atomic mass is 10.1. The van der Waals surface area contributed by atoms with E-state index in [1.54, 1.807) is 24.1 Å². The Morgan fingerprint density at radius 1 is 1.24 bits per heavy atom. The number of aromatic nitrogens is 4. The minimum Gasteiger partial charge on any atom is -0.465 e. The number of nitrogens with zero attached hydrogens (tertiary/aromatic N) is 4. The topological polar surface area (TPSA) is 119 Å². The van der Waals surface area contributed by atoms with E-state index in [1.165, 1.54) is 41.2 Å². The molecule has 9 nitrogen and oxygen atoms in total. The molecule has 25 heavy (non-hydrogen) atoms. The minimum absolute atomic E-state index is 0.153. The molecule has 1 aromatic carbocycles. The third-order valence-electron chi connectivity index (χ3n) is 3.36. The zero-order chi connectivity index (χ0) is 18.0. The fourth-order valence-electron chi connectivity index (χ4n) is 2.23. The predicted octanol–water partition coefficient (Wildman–Crippen LogP) is 1.29. The molecule has 0 aliphatic heterocycles. The molecule has 9 heteroatoms. The molecule has 2 heterocycles. The fourth-order valence-corrected chi connectivity index (χ4v) is 2.23. The average molecular weight is 339 g/mol. The van der Waals surface area contributed by atoms with Crippen molar-refractivity contribution in [3.8, 4) is 5.69 Å². The lowest BCUT2D eigenvalue weighted by molar-refractivity contribution is 0.103. The van der Waals surface area contributed by atoms with E-state index >= 15 is 0 Å². The van der Waals surface area contributed by atoms with Gasteiger partial charge in [-0.25, -0.2) is 9.48 Å². The average Bonchev–Trinajstić information content (AvgIpc) is 3.01. The van der Waals surface area contributed by atoms with Crippen molar-refractivity contribution in [1.82, 2.24) is 19.6 Å². The molecule has 3 rings (SSSR count). The van der Waals surface area contributed by atoms with Gasteiger partial charge in [-0.3, -0.25) is 19.6 Å². The van der Waals surface area contributed by atoms with Crippen LogP contribution in [0.15, 0.2) is 53.7 Å². The number of benzene rings is 1. The highest BCUT2D eigenvalue weighted by Crippen LogP contribution is 2.13. The number of ketones is 1. The highest BCUT2D eigenvalue weighted by molar-refractivity contribution is 6.08. The van der Waals surface area contributed by atoms with Crippen LogP contribution >= 0.6 is 0 Å². The Bertz CT molecular complexity index is 1020. The van der Waals surface area contributed by atoms with Crippen LogP contribution in [0, 0.1) is 0 Å². The van der Waals surface area contributed by atoms with Crippen LogP contribution in [0.5, 0.6) is 0 Å². The summed E-state index contributed by atoms with van der Waals surface area (Å²) >= 11 is 0. The van der Waals surface area contributed by atoms with Gasteiger partial charge in [0.2, 0.25) is 11.2 Å². The molecule has 2 N–H and O–H groups in total. The molecule has 0 bridgehead atoms. The summed E-state index contributed by atoms with van der Waals surface area (Å²) in [5.41, 5.74) is 0.181. The Morgan fingerprint density at radius 2 is 2.04 bits per heavy atom. The first-order chi connectivity index (χ1) is 11.9. The van der Waals surface area contributed by atoms with Gasteiger partial charge in [-0.1, -0.05) is 12.1 Å². The van der Waals surface area contributed by atoms with Crippen LogP contribution in [-0.4, -0.2) is 36.5 Å². The summed E-state index contributed by atoms with van der Waals surface area (Å²) in [6, 6.07) is 7.09. The summed E-state index contributed by atoms with van der Waals surface area (Å²) in [5, 5.41) is 19.0. The first-order valence-electron chi connectivity index (χ1n) is 7.18. The Balaban J connectivity index is 2.00. The molecule has 3 aromatic rings. The van der Waals surface area contributed by atoms with E-state index in [1.807, 2.05) is 0 Å². The summed E-state index contributed by atoms with van der Waals surface area (Å²) in [4.78, 5) is 35.4. The smallest absolute Gasteiger partial charge is 0.409 e. The van der Waals surface area contributed by atoms with E-state index in [9.17, 15) is 14.4 Å². The van der Waals surface area contributed by atoms with Crippen molar-refractivity contribution in [1.29, 1.82) is 0 Å². The highest BCUT2D eigenvalue weighted by Gasteiger charge is 2.16. The molecule has 0 saturated carbocycles. The molecule has 0 atom stereocenters. The van der Waals surface area contributed by atoms with Gasteiger partial charge in [0.1, 0.15) is 5.69 Å². The van der Waals surface area contributed by atoms with Crippen molar-refractivity contribution >= 4 is 17.6 Å². The molecule has 0 saturated heterocycles. The predicted molar refractivity (Wildman–Crippen MR) is 88.1 cm³/mol. The standard InChI is InChI=1S/C16H13N5O4/c1-20-9-12(8-17-20)21-6-5-13(22)14(19-21)15(23)10-3-2-4-11(7-10)18-16(24)25/h2-9,18H,1H3,(H,24,25). The molecule has 2 aromatic heterocycles. The van der Waals surface area contributed by atoms with Crippen LogP contribution in [0.3, 0.4) is 0 Å². The highest BCUT2D eigenvalue weighted by atomic mass is 16.4. The van der Waals surface area contributed by atoms with Gasteiger partial charge in [-0.05, 0) is 12.1 Å². The lowest BCUT2D eigenvalue weighted by Gasteiger charge is -2.06. The van der Waals surface area contributed by atoms with E-state index in [4.69, 9.17) is 5.11 Å². The second-order valence-electron chi connectivity index (χ2n) is 5.19. The quantitative estimate of drug-likeness (QED) is 0.691. The Labute approximate surface area is 141 Å². The van der Waals surface area contributed by atoms with E-state index < -0.39 is 17.3 Å². The first kappa shape index (κ1) is 16.1. The molecule has 126 valence electrons. The van der Waals surface area contributed by atoms with Crippen LogP contribution < -0.4 is 10.7 Å². The maximum absolute atomic E-state index is 12.6. The number of nitrogens with one attached hydrogen (secondary N) is 1. The lowest BCUT2D eigenvalue weighted by Crippen LogP contribution is -2.21. The summed E-state index contributed by atoms with van der Waals surface area (Å²) in [7, 11) is 1.74. The fraction of sp³-hybridized carbons (Fsp3) is 0.0625. The monoisotopic (exact) mass is 339 g/mol. The summed E-state index contributed by atoms with van der Waals surface area (Å²) in [6.07, 6.45) is 3.42. The van der Waals surface area contributed by atoms with Gasteiger partial charge in [0.25, 0.3) is 0 Å². The van der Waals surface area contributed by atoms with Crippen molar-refractivity contribution in [2.45, 2.75) is 0 Å². The van der Waals surface area contributed by atoms with Gasteiger partial charge in [-0.15, -0.1) is 0 Å². The molecule has 0 unspecified atom stereocenters. The Hall–Kier alpha value is -3.75. The first-order valence-corrected chi connectivity index (χ1v) is 7.18. The van der Waals surface area contributed by atoms with E-state index in [0.29, 0.717) is 5.69 Å². The van der Waals surface area contributed by atoms with Gasteiger partial charge >= 0.3 is 6.09 Å². The molecule has 0 aliphatic carbocycles. The number of amides is 1. The van der Waals surface area contributed by atoms with Crippen LogP contribution in [-0.2, 0) is 7.05 Å². The third-order valence-corrected chi connectivity index (χ3v) is 3.36. The van der Waals surface area contributed by atoms with Crippen LogP contribution in [0.25, 0.3) is 5.69 Å². The van der Waals surface area contributed by atoms with Crippen LogP contribution in [0.2, 0.25) is 0 Å². The van der Waals surface area contributed by atoms with E-state index in [0.717, 1.165) is 0 Å². The zero-order valence-corrected chi connectivity index (χ0v) is 13.1. The van der Waals surface area contributed by atoms with E-state index in [-0.39, 0.29) is 16.9 Å². The minimum atomic E-state index is -1.25. The van der Waals surface area contributed by atoms with Crippen molar-refractivity contribution < 1.29 is 14.7 Å². The number of carbonyl (C=O) groups excluding carboxylic acids is 1. The maximum atomic E-state index is 12.6. The van der Waals surface area contributed by atoms with Crippen molar-refractivity contribution in [3.63, 3.8) is 0 Å². The summed E-state index contributed by atoms with van der Waals surface area (Å²) in [5.74, 6) is -0.600. The number of carboxylic acid groups (broad SMARTS) is 1. The SMILES string of the molecule is Cn1cc(-n2ccc(=O)c(C(=O)c3cccc(NC(=O)O)c3)n2)cn1. The van der Waals surface area contributed by atoms with Gasteiger partial charge < -0.3 is 5.11 Å². The number of hydrogen-bond acceptors (Lipinski definition) is 5. The van der Waals surface area contributed by atoms with Gasteiger partial charge in [-0.2, -0.15) is 10.2 Å². The maximum Gasteiger partial charge on any atom is 0.409 e. The van der Waals surface area contributed by atoms with Crippen LogP contribution in [0.4, 0.5) is 10.5 Å². The van der Waals surface area contributed by atoms with Gasteiger partial charge in [0.15, 0.2) is 5.69 Å². The Morgan fingerprint density at radius 3 is 2.72 bits per heavy atom. The molecule has 1 amide bonds. The van der Waals surface area contributed by atoms with Gasteiger partial charge in [0, 0.05) is 30.6 Å². The molecule has 0 fully saturated rings. The third kappa shape index (κ3) is 3.44. The number of carbonyl (C=O) groups is 2. The van der Waals surface area contributed by atoms with Crippen molar-refractivity contribution in [2.75, 3.05) is 5.32 Å². The molecule has 0 spiro atoms. The van der Waals surface area contributed by atoms with Crippen molar-refractivity contribution in [3.05, 3.63) is 70.4 Å². The second-order valence-corrected chi connectivity index (χ2v) is 5.19. The molecular weight excluding hydrogens is 326 g/mol. The van der Waals surface area contributed by atoms with E-state index in [2.05, 4.69) is 15.5 Å². The number of rotatable bonds is 4. The normalized spacial score (nSPS) is 10.4. The number of anilines is 1. The van der Waals surface area contributed by atoms with Crippen LogP contribution in [0.1, 0.15) is 16.1 Å². The summed E-state index contributed by atoms with van der Waals surface area (Å²) < 4.78 is 2.94. The summed E-state index contributed by atoms with van der Waals surface area (Å²) in [6.45, 7) is 0. The number of aryl methyl sites for hydroxylation is 1. The van der Waals surface area contributed by atoms with Gasteiger partial charge in [0.05, 0.1) is 12.4 Å². The second kappa shape index (κ2) is 6.40. The zero-order valence-electron chi connectivity index (χ0n) is 13.1.